The van der Waals surface area contributed by atoms with Gasteiger partial charge in [-0.15, -0.1) is 5.10 Å². The van der Waals surface area contributed by atoms with Crippen molar-refractivity contribution in [1.29, 1.82) is 0 Å². The van der Waals surface area contributed by atoms with Gasteiger partial charge in [0.25, 0.3) is 0 Å². The highest BCUT2D eigenvalue weighted by Crippen LogP contribution is 2.41. The zero-order valence-corrected chi connectivity index (χ0v) is 17.7. The molecular weight excluding hydrogens is 396 g/mol. The van der Waals surface area contributed by atoms with E-state index in [1.165, 1.54) is 19.3 Å². The standard InChI is InChI=1S/C22H24N6OS/c1-29-17-13-11-15(12-14-17)27-20(18-9-5-6-10-19(18)23-22(27)30)21-24-25-26-28(21)16-7-3-2-4-8-16/h5-6,9-14,16,20H,2-4,7-8H2,1H3,(H,23,30). The third-order valence-electron chi connectivity index (χ3n) is 6.01. The van der Waals surface area contributed by atoms with Crippen molar-refractivity contribution in [1.82, 2.24) is 20.2 Å². The summed E-state index contributed by atoms with van der Waals surface area (Å²) in [6, 6.07) is 16.3. The van der Waals surface area contributed by atoms with E-state index in [-0.39, 0.29) is 6.04 Å². The van der Waals surface area contributed by atoms with Crippen LogP contribution in [-0.2, 0) is 0 Å². The van der Waals surface area contributed by atoms with Gasteiger partial charge in [-0.2, -0.15) is 0 Å². The maximum absolute atomic E-state index is 5.80. The van der Waals surface area contributed by atoms with E-state index < -0.39 is 0 Å². The zero-order valence-electron chi connectivity index (χ0n) is 16.9. The molecule has 2 aromatic carbocycles. The number of methoxy groups -OCH3 is 1. The Labute approximate surface area is 181 Å². The van der Waals surface area contributed by atoms with Crippen molar-refractivity contribution in [2.75, 3.05) is 17.3 Å². The molecule has 0 spiro atoms. The molecule has 0 radical (unpaired) electrons. The molecule has 3 aromatic rings. The smallest absolute Gasteiger partial charge is 0.179 e. The molecule has 1 saturated carbocycles. The van der Waals surface area contributed by atoms with E-state index in [1.807, 2.05) is 41.1 Å². The van der Waals surface area contributed by atoms with Crippen molar-refractivity contribution in [3.63, 3.8) is 0 Å². The first-order valence-corrected chi connectivity index (χ1v) is 10.8. The normalized spacial score (nSPS) is 19.3. The number of tetrazole rings is 1. The topological polar surface area (TPSA) is 68.1 Å². The average molecular weight is 421 g/mol. The molecule has 30 heavy (non-hydrogen) atoms. The summed E-state index contributed by atoms with van der Waals surface area (Å²) in [6.45, 7) is 0. The van der Waals surface area contributed by atoms with Crippen LogP contribution >= 0.6 is 12.2 Å². The van der Waals surface area contributed by atoms with Crippen LogP contribution < -0.4 is 15.0 Å². The highest BCUT2D eigenvalue weighted by atomic mass is 32.1. The van der Waals surface area contributed by atoms with E-state index in [2.05, 4.69) is 37.9 Å². The predicted octanol–water partition coefficient (Wildman–Crippen LogP) is 4.49. The summed E-state index contributed by atoms with van der Waals surface area (Å²) >= 11 is 5.80. The fraction of sp³-hybridized carbons (Fsp3) is 0.364. The van der Waals surface area contributed by atoms with Gasteiger partial charge in [0, 0.05) is 16.9 Å². The molecule has 1 fully saturated rings. The van der Waals surface area contributed by atoms with Crippen LogP contribution in [0.4, 0.5) is 11.4 Å². The van der Waals surface area contributed by atoms with Gasteiger partial charge < -0.3 is 15.0 Å². The van der Waals surface area contributed by atoms with Crippen LogP contribution in [-0.4, -0.2) is 32.4 Å². The number of fused-ring (bicyclic) bond motifs is 1. The molecule has 1 N–H and O–H groups in total. The van der Waals surface area contributed by atoms with Crippen LogP contribution in [0.1, 0.15) is 55.6 Å². The monoisotopic (exact) mass is 420 g/mol. The number of anilines is 2. The van der Waals surface area contributed by atoms with Crippen molar-refractivity contribution < 1.29 is 4.74 Å². The second kappa shape index (κ2) is 8.02. The molecule has 154 valence electrons. The lowest BCUT2D eigenvalue weighted by Gasteiger charge is -2.39. The van der Waals surface area contributed by atoms with Gasteiger partial charge in [-0.25, -0.2) is 4.68 Å². The van der Waals surface area contributed by atoms with Crippen LogP contribution in [0.3, 0.4) is 0 Å². The molecule has 1 atom stereocenters. The Bertz CT molecular complexity index is 1040. The van der Waals surface area contributed by atoms with Gasteiger partial charge in [-0.3, -0.25) is 0 Å². The third-order valence-corrected chi connectivity index (χ3v) is 6.31. The summed E-state index contributed by atoms with van der Waals surface area (Å²) in [5, 5.41) is 17.0. The molecule has 5 rings (SSSR count). The summed E-state index contributed by atoms with van der Waals surface area (Å²) in [5.74, 6) is 1.63. The first kappa shape index (κ1) is 19.0. The second-order valence-corrected chi connectivity index (χ2v) is 8.15. The number of rotatable bonds is 4. The molecule has 8 heteroatoms. The highest BCUT2D eigenvalue weighted by molar-refractivity contribution is 7.80. The molecule has 1 aliphatic carbocycles. The van der Waals surface area contributed by atoms with Crippen LogP contribution in [0, 0.1) is 0 Å². The SMILES string of the molecule is COc1ccc(N2C(=S)Nc3ccccc3C2c2nnnn2C2CCCCC2)cc1. The predicted molar refractivity (Wildman–Crippen MR) is 120 cm³/mol. The maximum Gasteiger partial charge on any atom is 0.179 e. The lowest BCUT2D eigenvalue weighted by Crippen LogP contribution is -2.44. The molecule has 0 amide bonds. The second-order valence-electron chi connectivity index (χ2n) is 7.76. The Hall–Kier alpha value is -3.00. The summed E-state index contributed by atoms with van der Waals surface area (Å²) in [6.07, 6.45) is 5.93. The van der Waals surface area contributed by atoms with Gasteiger partial charge >= 0.3 is 0 Å². The number of para-hydroxylation sites is 1. The van der Waals surface area contributed by atoms with E-state index in [4.69, 9.17) is 17.0 Å². The van der Waals surface area contributed by atoms with E-state index in [0.717, 1.165) is 41.4 Å². The van der Waals surface area contributed by atoms with E-state index in [0.29, 0.717) is 11.2 Å². The van der Waals surface area contributed by atoms with Crippen molar-refractivity contribution >= 4 is 28.7 Å². The third kappa shape index (κ3) is 3.31. The number of aromatic nitrogens is 4. The molecular formula is C22H24N6OS. The van der Waals surface area contributed by atoms with Crippen LogP contribution in [0.5, 0.6) is 5.75 Å². The largest absolute Gasteiger partial charge is 0.497 e. The van der Waals surface area contributed by atoms with Gasteiger partial charge in [-0.1, -0.05) is 37.5 Å². The highest BCUT2D eigenvalue weighted by Gasteiger charge is 2.37. The fourth-order valence-corrected chi connectivity index (χ4v) is 4.83. The van der Waals surface area contributed by atoms with Gasteiger partial charge in [0.05, 0.1) is 13.2 Å². The zero-order chi connectivity index (χ0) is 20.5. The number of thiocarbonyl (C=S) groups is 1. The Morgan fingerprint density at radius 2 is 1.80 bits per heavy atom. The first-order valence-electron chi connectivity index (χ1n) is 10.4. The fourth-order valence-electron chi connectivity index (χ4n) is 4.51. The molecule has 1 aliphatic heterocycles. The Kier molecular flexibility index (Phi) is 5.08. The summed E-state index contributed by atoms with van der Waals surface area (Å²) in [7, 11) is 1.67. The van der Waals surface area contributed by atoms with E-state index >= 15 is 0 Å². The molecule has 1 aromatic heterocycles. The van der Waals surface area contributed by atoms with Crippen LogP contribution in [0.15, 0.2) is 48.5 Å². The Balaban J connectivity index is 1.63. The van der Waals surface area contributed by atoms with E-state index in [9.17, 15) is 0 Å². The summed E-state index contributed by atoms with van der Waals surface area (Å²) in [4.78, 5) is 2.10. The van der Waals surface area contributed by atoms with Crippen LogP contribution in [0.25, 0.3) is 0 Å². The average Bonchev–Trinajstić information content (AvgIpc) is 3.28. The van der Waals surface area contributed by atoms with Crippen molar-refractivity contribution in [2.45, 2.75) is 44.2 Å². The van der Waals surface area contributed by atoms with Crippen molar-refractivity contribution in [3.8, 4) is 5.75 Å². The molecule has 2 heterocycles. The summed E-state index contributed by atoms with van der Waals surface area (Å²) < 4.78 is 7.37. The van der Waals surface area contributed by atoms with E-state index in [1.54, 1.807) is 7.11 Å². The number of nitrogens with zero attached hydrogens (tertiary/aromatic N) is 5. The Morgan fingerprint density at radius 3 is 2.57 bits per heavy atom. The molecule has 0 saturated heterocycles. The van der Waals surface area contributed by atoms with Crippen LogP contribution in [0.2, 0.25) is 0 Å². The van der Waals surface area contributed by atoms with Crippen molar-refractivity contribution in [2.24, 2.45) is 0 Å². The number of benzene rings is 2. The molecule has 7 nitrogen and oxygen atoms in total. The molecule has 1 unspecified atom stereocenters. The Morgan fingerprint density at radius 1 is 1.03 bits per heavy atom. The minimum Gasteiger partial charge on any atom is -0.497 e. The number of nitrogens with one attached hydrogen (secondary N) is 1. The molecule has 0 bridgehead atoms. The minimum absolute atomic E-state index is 0.208. The van der Waals surface area contributed by atoms with Crippen molar-refractivity contribution in [3.05, 3.63) is 59.9 Å². The quantitative estimate of drug-likeness (QED) is 0.624. The maximum atomic E-state index is 5.80. The van der Waals surface area contributed by atoms with Gasteiger partial charge in [0.1, 0.15) is 11.8 Å². The number of ether oxygens (including phenoxy) is 1. The number of hydrogen-bond acceptors (Lipinski definition) is 5. The molecule has 2 aliphatic rings. The van der Waals surface area contributed by atoms with Gasteiger partial charge in [0.2, 0.25) is 0 Å². The van der Waals surface area contributed by atoms with Gasteiger partial charge in [-0.05, 0) is 65.8 Å². The lowest BCUT2D eigenvalue weighted by atomic mass is 9.94. The van der Waals surface area contributed by atoms with Gasteiger partial charge in [0.15, 0.2) is 10.9 Å². The number of hydrogen-bond donors (Lipinski definition) is 1. The first-order chi connectivity index (χ1) is 14.8. The summed E-state index contributed by atoms with van der Waals surface area (Å²) in [5.41, 5.74) is 3.07. The lowest BCUT2D eigenvalue weighted by molar-refractivity contribution is 0.314. The minimum atomic E-state index is -0.208.